The van der Waals surface area contributed by atoms with Crippen molar-refractivity contribution in [2.24, 2.45) is 0 Å². The maximum atomic E-state index is 12.4. The average molecular weight is 141 g/mol. The van der Waals surface area contributed by atoms with E-state index in [1.165, 1.54) is 12.4 Å². The van der Waals surface area contributed by atoms with Crippen LogP contribution in [0.15, 0.2) is 18.2 Å². The number of benzene rings is 1. The highest BCUT2D eigenvalue weighted by Gasteiger charge is 2.05. The monoisotopic (exact) mass is 141 g/mol. The van der Waals surface area contributed by atoms with E-state index in [-0.39, 0.29) is 5.56 Å². The number of rotatable bonds is 1. The predicted molar refractivity (Wildman–Crippen MR) is 31.2 cm³/mol. The molecule has 10 heavy (non-hydrogen) atoms. The van der Waals surface area contributed by atoms with Crippen LogP contribution in [0.5, 0.6) is 0 Å². The summed E-state index contributed by atoms with van der Waals surface area (Å²) < 4.78 is 24.6. The molecule has 0 N–H and O–H groups in total. The Hall–Kier alpha value is -1.25. The lowest BCUT2D eigenvalue weighted by Gasteiger charge is -1.91. The normalized spacial score (nSPS) is 9.40. The molecule has 1 rings (SSSR count). The van der Waals surface area contributed by atoms with E-state index in [4.69, 9.17) is 0 Å². The summed E-state index contributed by atoms with van der Waals surface area (Å²) in [6, 6.07) is 3.35. The largest absolute Gasteiger partial charge is 0.285 e. The smallest absolute Gasteiger partial charge is 0.236 e. The van der Waals surface area contributed by atoms with Crippen LogP contribution in [0, 0.1) is 11.6 Å². The van der Waals surface area contributed by atoms with Crippen LogP contribution in [0.3, 0.4) is 0 Å². The third kappa shape index (κ3) is 1.03. The Bertz CT molecular complexity index is 258. The van der Waals surface area contributed by atoms with E-state index in [0.29, 0.717) is 0 Å². The van der Waals surface area contributed by atoms with E-state index in [0.717, 1.165) is 12.1 Å². The van der Waals surface area contributed by atoms with Crippen LogP contribution in [-0.4, -0.2) is 6.29 Å². The van der Waals surface area contributed by atoms with Crippen LogP contribution < -0.4 is 0 Å². The summed E-state index contributed by atoms with van der Waals surface area (Å²) >= 11 is 0. The molecule has 0 atom stereocenters. The van der Waals surface area contributed by atoms with Crippen molar-refractivity contribution in [2.75, 3.05) is 0 Å². The van der Waals surface area contributed by atoms with Crippen LogP contribution in [0.4, 0.5) is 8.78 Å². The van der Waals surface area contributed by atoms with Crippen LogP contribution in [0.1, 0.15) is 5.56 Å². The first-order chi connectivity index (χ1) is 4.75. The van der Waals surface area contributed by atoms with Crippen LogP contribution in [0.2, 0.25) is 0 Å². The molecule has 0 saturated heterocycles. The van der Waals surface area contributed by atoms with E-state index >= 15 is 0 Å². The fourth-order valence-corrected chi connectivity index (χ4v) is 0.583. The lowest BCUT2D eigenvalue weighted by atomic mass is 10.2. The number of hydrogen-bond donors (Lipinski definition) is 0. The molecule has 0 aromatic heterocycles. The molecule has 0 heterocycles. The van der Waals surface area contributed by atoms with Crippen molar-refractivity contribution in [1.29, 1.82) is 0 Å². The van der Waals surface area contributed by atoms with Gasteiger partial charge in [-0.05, 0) is 12.1 Å². The van der Waals surface area contributed by atoms with Gasteiger partial charge in [-0.25, -0.2) is 8.78 Å². The van der Waals surface area contributed by atoms with Gasteiger partial charge in [-0.15, -0.1) is 0 Å². The number of hydrogen-bond acceptors (Lipinski definition) is 1. The Labute approximate surface area is 56.3 Å². The Morgan fingerprint density at radius 3 is 2.50 bits per heavy atom. The molecular formula is C7H3F2O. The number of carbonyl (C=O) groups excluding carboxylic acids is 1. The average Bonchev–Trinajstić information content (AvgIpc) is 1.95. The van der Waals surface area contributed by atoms with Crippen LogP contribution in [-0.2, 0) is 4.79 Å². The SMILES string of the molecule is O=[C]c1cccc(F)c1F. The molecule has 1 radical (unpaired) electrons. The summed E-state index contributed by atoms with van der Waals surface area (Å²) in [5.41, 5.74) is -0.375. The van der Waals surface area contributed by atoms with Crippen molar-refractivity contribution in [1.82, 2.24) is 0 Å². The van der Waals surface area contributed by atoms with Crippen molar-refractivity contribution in [3.63, 3.8) is 0 Å². The topological polar surface area (TPSA) is 17.1 Å². The molecule has 1 aromatic rings. The van der Waals surface area contributed by atoms with Crippen molar-refractivity contribution in [2.45, 2.75) is 0 Å². The fraction of sp³-hybridized carbons (Fsp3) is 0. The van der Waals surface area contributed by atoms with Crippen molar-refractivity contribution in [3.05, 3.63) is 35.4 Å². The van der Waals surface area contributed by atoms with E-state index in [9.17, 15) is 13.6 Å². The van der Waals surface area contributed by atoms with Crippen molar-refractivity contribution < 1.29 is 13.6 Å². The molecule has 0 aliphatic heterocycles. The summed E-state index contributed by atoms with van der Waals surface area (Å²) in [6.07, 6.45) is 1.27. The minimum Gasteiger partial charge on any atom is -0.285 e. The van der Waals surface area contributed by atoms with Gasteiger partial charge in [-0.3, -0.25) is 4.79 Å². The zero-order chi connectivity index (χ0) is 7.56. The van der Waals surface area contributed by atoms with Gasteiger partial charge in [0.2, 0.25) is 6.29 Å². The Morgan fingerprint density at radius 1 is 1.30 bits per heavy atom. The summed E-state index contributed by atoms with van der Waals surface area (Å²) in [5, 5.41) is 0. The van der Waals surface area contributed by atoms with Gasteiger partial charge in [-0.1, -0.05) is 6.07 Å². The molecule has 1 nitrogen and oxygen atoms in total. The molecular weight excluding hydrogens is 138 g/mol. The first kappa shape index (κ1) is 6.86. The summed E-state index contributed by atoms with van der Waals surface area (Å²) in [6.45, 7) is 0. The molecule has 0 aliphatic carbocycles. The lowest BCUT2D eigenvalue weighted by Crippen LogP contribution is -1.90. The molecule has 0 amide bonds. The molecule has 0 bridgehead atoms. The molecule has 0 saturated carbocycles. The van der Waals surface area contributed by atoms with Gasteiger partial charge >= 0.3 is 0 Å². The molecule has 0 fully saturated rings. The minimum absolute atomic E-state index is 0.375. The van der Waals surface area contributed by atoms with E-state index in [1.54, 1.807) is 0 Å². The van der Waals surface area contributed by atoms with E-state index in [2.05, 4.69) is 0 Å². The van der Waals surface area contributed by atoms with Gasteiger partial charge in [0.1, 0.15) is 0 Å². The van der Waals surface area contributed by atoms with Gasteiger partial charge in [0.15, 0.2) is 11.6 Å². The summed E-state index contributed by atoms with van der Waals surface area (Å²) in [4.78, 5) is 9.85. The molecule has 0 unspecified atom stereocenters. The maximum absolute atomic E-state index is 12.4. The zero-order valence-electron chi connectivity index (χ0n) is 4.90. The van der Waals surface area contributed by atoms with Crippen LogP contribution >= 0.6 is 0 Å². The Kier molecular flexibility index (Phi) is 1.76. The highest BCUT2D eigenvalue weighted by atomic mass is 19.2. The van der Waals surface area contributed by atoms with Gasteiger partial charge < -0.3 is 0 Å². The first-order valence-electron chi connectivity index (χ1n) is 2.58. The van der Waals surface area contributed by atoms with Crippen molar-refractivity contribution in [3.8, 4) is 0 Å². The highest BCUT2D eigenvalue weighted by molar-refractivity contribution is 5.75. The molecule has 51 valence electrons. The Morgan fingerprint density at radius 2 is 2.00 bits per heavy atom. The van der Waals surface area contributed by atoms with Gasteiger partial charge in [0, 0.05) is 0 Å². The minimum atomic E-state index is -1.14. The molecule has 3 heteroatoms. The standard InChI is InChI=1S/C7H3F2O/c8-6-3-1-2-5(4-10)7(6)9/h1-3H. The first-order valence-corrected chi connectivity index (χ1v) is 2.58. The summed E-state index contributed by atoms with van der Waals surface area (Å²) in [5.74, 6) is -2.17. The second kappa shape index (κ2) is 2.56. The molecule has 0 spiro atoms. The second-order valence-electron chi connectivity index (χ2n) is 1.70. The quantitative estimate of drug-likeness (QED) is 0.578. The third-order valence-corrected chi connectivity index (χ3v) is 1.06. The zero-order valence-corrected chi connectivity index (χ0v) is 4.90. The predicted octanol–water partition coefficient (Wildman–Crippen LogP) is 1.42. The number of halogens is 2. The third-order valence-electron chi connectivity index (χ3n) is 1.06. The van der Waals surface area contributed by atoms with Crippen LogP contribution in [0.25, 0.3) is 0 Å². The maximum Gasteiger partial charge on any atom is 0.236 e. The highest BCUT2D eigenvalue weighted by Crippen LogP contribution is 2.07. The second-order valence-corrected chi connectivity index (χ2v) is 1.70. The van der Waals surface area contributed by atoms with Gasteiger partial charge in [0.25, 0.3) is 0 Å². The van der Waals surface area contributed by atoms with Gasteiger partial charge in [0.05, 0.1) is 5.56 Å². The fourth-order valence-electron chi connectivity index (χ4n) is 0.583. The lowest BCUT2D eigenvalue weighted by molar-refractivity contribution is 0.502. The van der Waals surface area contributed by atoms with Gasteiger partial charge in [-0.2, -0.15) is 0 Å². The Balaban J connectivity index is 3.27. The van der Waals surface area contributed by atoms with E-state index < -0.39 is 11.6 Å². The molecule has 0 aliphatic rings. The summed E-state index contributed by atoms with van der Waals surface area (Å²) in [7, 11) is 0. The van der Waals surface area contributed by atoms with Crippen molar-refractivity contribution >= 4 is 6.29 Å². The molecule has 1 aromatic carbocycles. The van der Waals surface area contributed by atoms with E-state index in [1.807, 2.05) is 0 Å².